The molecule has 106 valence electrons. The second kappa shape index (κ2) is 5.52. The van der Waals surface area contributed by atoms with Crippen LogP contribution in [0.25, 0.3) is 0 Å². The molecule has 0 spiro atoms. The number of nitrogens with zero attached hydrogens (tertiary/aromatic N) is 2. The molecule has 1 unspecified atom stereocenters. The second-order valence-corrected chi connectivity index (χ2v) is 5.40. The Morgan fingerprint density at radius 3 is 2.21 bits per heavy atom. The molecule has 19 heavy (non-hydrogen) atoms. The fraction of sp³-hybridized carbons (Fsp3) is 0.615. The summed E-state index contributed by atoms with van der Waals surface area (Å²) in [5, 5.41) is 0. The Morgan fingerprint density at radius 1 is 1.26 bits per heavy atom. The molecule has 1 rings (SSSR count). The Labute approximate surface area is 113 Å². The van der Waals surface area contributed by atoms with Crippen molar-refractivity contribution in [2.75, 3.05) is 20.0 Å². The first-order valence-electron chi connectivity index (χ1n) is 5.97. The third kappa shape index (κ3) is 3.20. The molecule has 0 saturated heterocycles. The number of esters is 1. The smallest absolute Gasteiger partial charge is 0.343 e. The minimum atomic E-state index is -0.536. The Kier molecular flexibility index (Phi) is 4.47. The fourth-order valence-electron chi connectivity index (χ4n) is 1.94. The number of anilines is 1. The van der Waals surface area contributed by atoms with Crippen LogP contribution >= 0.6 is 0 Å². The van der Waals surface area contributed by atoms with Crippen LogP contribution < -0.4 is 5.73 Å². The summed E-state index contributed by atoms with van der Waals surface area (Å²) in [5.41, 5.74) is 6.34. The number of nitrogen functional groups attached to an aromatic ring is 1. The van der Waals surface area contributed by atoms with Crippen molar-refractivity contribution in [3.63, 3.8) is 0 Å². The minimum absolute atomic E-state index is 0.112. The van der Waals surface area contributed by atoms with Crippen molar-refractivity contribution >= 4 is 11.8 Å². The molecular formula is C13H21N3O3. The van der Waals surface area contributed by atoms with Gasteiger partial charge in [-0.25, -0.2) is 14.8 Å². The quantitative estimate of drug-likeness (QED) is 0.841. The van der Waals surface area contributed by atoms with E-state index in [0.717, 1.165) is 0 Å². The fourth-order valence-corrected chi connectivity index (χ4v) is 1.94. The average Bonchev–Trinajstić information content (AvgIpc) is 2.26. The maximum Gasteiger partial charge on any atom is 0.343 e. The SMILES string of the molecule is COC(=O)c1c(C)nc(C(OC)C(C)(C)C)nc1N. The van der Waals surface area contributed by atoms with Crippen molar-refractivity contribution in [2.45, 2.75) is 33.8 Å². The molecule has 0 bridgehead atoms. The van der Waals surface area contributed by atoms with Crippen molar-refractivity contribution in [1.82, 2.24) is 9.97 Å². The Hall–Kier alpha value is -1.69. The van der Waals surface area contributed by atoms with E-state index in [9.17, 15) is 4.79 Å². The summed E-state index contributed by atoms with van der Waals surface area (Å²) < 4.78 is 10.1. The predicted molar refractivity (Wildman–Crippen MR) is 71.7 cm³/mol. The first-order valence-corrected chi connectivity index (χ1v) is 5.97. The normalized spacial score (nSPS) is 13.2. The zero-order valence-corrected chi connectivity index (χ0v) is 12.3. The lowest BCUT2D eigenvalue weighted by Gasteiger charge is -2.28. The molecule has 0 fully saturated rings. The summed E-state index contributed by atoms with van der Waals surface area (Å²) in [6.07, 6.45) is -0.305. The number of ether oxygens (including phenoxy) is 2. The van der Waals surface area contributed by atoms with Gasteiger partial charge in [0.2, 0.25) is 0 Å². The highest BCUT2D eigenvalue weighted by atomic mass is 16.5. The molecule has 0 aliphatic heterocycles. The van der Waals surface area contributed by atoms with Gasteiger partial charge in [-0.15, -0.1) is 0 Å². The molecule has 6 heteroatoms. The minimum Gasteiger partial charge on any atom is -0.465 e. The van der Waals surface area contributed by atoms with Gasteiger partial charge in [-0.2, -0.15) is 0 Å². The van der Waals surface area contributed by atoms with Crippen LogP contribution in [-0.4, -0.2) is 30.2 Å². The molecule has 1 aromatic heterocycles. The van der Waals surface area contributed by atoms with Gasteiger partial charge in [-0.3, -0.25) is 0 Å². The first kappa shape index (κ1) is 15.4. The van der Waals surface area contributed by atoms with Gasteiger partial charge < -0.3 is 15.2 Å². The molecule has 0 saturated carbocycles. The van der Waals surface area contributed by atoms with Crippen LogP contribution in [0.3, 0.4) is 0 Å². The van der Waals surface area contributed by atoms with Crippen molar-refractivity contribution in [2.24, 2.45) is 5.41 Å². The van der Waals surface area contributed by atoms with Crippen LogP contribution in [0.1, 0.15) is 48.8 Å². The number of methoxy groups -OCH3 is 2. The monoisotopic (exact) mass is 267 g/mol. The van der Waals surface area contributed by atoms with Gasteiger partial charge in [0, 0.05) is 7.11 Å². The van der Waals surface area contributed by atoms with E-state index >= 15 is 0 Å². The van der Waals surface area contributed by atoms with Gasteiger partial charge >= 0.3 is 5.97 Å². The zero-order valence-electron chi connectivity index (χ0n) is 12.3. The summed E-state index contributed by atoms with van der Waals surface area (Å²) in [6.45, 7) is 7.75. The van der Waals surface area contributed by atoms with E-state index < -0.39 is 5.97 Å². The lowest BCUT2D eigenvalue weighted by molar-refractivity contribution is 0.00860. The highest BCUT2D eigenvalue weighted by Crippen LogP contribution is 2.34. The molecule has 0 radical (unpaired) electrons. The summed E-state index contributed by atoms with van der Waals surface area (Å²) in [7, 11) is 2.89. The molecule has 0 aromatic carbocycles. The number of nitrogens with two attached hydrogens (primary N) is 1. The molecule has 1 aromatic rings. The standard InChI is InChI=1S/C13H21N3O3/c1-7-8(12(17)19-6)10(14)16-11(15-7)9(18-5)13(2,3)4/h9H,1-6H3,(H2,14,15,16). The Balaban J connectivity index is 3.31. The molecule has 0 amide bonds. The Bertz CT molecular complexity index is 458. The maximum absolute atomic E-state index is 11.6. The third-order valence-electron chi connectivity index (χ3n) is 2.78. The molecular weight excluding hydrogens is 246 g/mol. The van der Waals surface area contributed by atoms with Crippen molar-refractivity contribution in [3.8, 4) is 0 Å². The van der Waals surface area contributed by atoms with E-state index in [1.807, 2.05) is 20.8 Å². The number of carbonyl (C=O) groups excluding carboxylic acids is 1. The lowest BCUT2D eigenvalue weighted by atomic mass is 9.88. The van der Waals surface area contributed by atoms with Gasteiger partial charge in [0.1, 0.15) is 17.5 Å². The summed E-state index contributed by atoms with van der Waals surface area (Å²) >= 11 is 0. The molecule has 1 heterocycles. The average molecular weight is 267 g/mol. The van der Waals surface area contributed by atoms with E-state index in [-0.39, 0.29) is 22.9 Å². The van der Waals surface area contributed by atoms with Crippen LogP contribution in [0.15, 0.2) is 0 Å². The highest BCUT2D eigenvalue weighted by Gasteiger charge is 2.30. The molecule has 0 aliphatic rings. The van der Waals surface area contributed by atoms with E-state index in [4.69, 9.17) is 10.5 Å². The van der Waals surface area contributed by atoms with Gasteiger partial charge in [-0.05, 0) is 12.3 Å². The number of aromatic nitrogens is 2. The number of carbonyl (C=O) groups is 1. The van der Waals surface area contributed by atoms with Crippen LogP contribution in [0.2, 0.25) is 0 Å². The lowest BCUT2D eigenvalue weighted by Crippen LogP contribution is -2.24. The number of hydrogen-bond acceptors (Lipinski definition) is 6. The largest absolute Gasteiger partial charge is 0.465 e. The number of hydrogen-bond donors (Lipinski definition) is 1. The first-order chi connectivity index (χ1) is 8.72. The molecule has 2 N–H and O–H groups in total. The van der Waals surface area contributed by atoms with Crippen molar-refractivity contribution < 1.29 is 14.3 Å². The summed E-state index contributed by atoms with van der Waals surface area (Å²) in [6, 6.07) is 0. The van der Waals surface area contributed by atoms with Crippen molar-refractivity contribution in [3.05, 3.63) is 17.1 Å². The maximum atomic E-state index is 11.6. The number of rotatable bonds is 3. The topological polar surface area (TPSA) is 87.3 Å². The van der Waals surface area contributed by atoms with Crippen LogP contribution in [0.4, 0.5) is 5.82 Å². The zero-order chi connectivity index (χ0) is 14.8. The highest BCUT2D eigenvalue weighted by molar-refractivity contribution is 5.95. The molecule has 1 atom stereocenters. The second-order valence-electron chi connectivity index (χ2n) is 5.40. The van der Waals surface area contributed by atoms with Crippen LogP contribution in [-0.2, 0) is 9.47 Å². The van der Waals surface area contributed by atoms with Gasteiger partial charge in [0.25, 0.3) is 0 Å². The third-order valence-corrected chi connectivity index (χ3v) is 2.78. The van der Waals surface area contributed by atoms with Gasteiger partial charge in [0.05, 0.1) is 12.8 Å². The number of aryl methyl sites for hydroxylation is 1. The van der Waals surface area contributed by atoms with Gasteiger partial charge in [-0.1, -0.05) is 20.8 Å². The molecule has 6 nitrogen and oxygen atoms in total. The summed E-state index contributed by atoms with van der Waals surface area (Å²) in [5.74, 6) is 0.0459. The predicted octanol–water partition coefficient (Wildman–Crippen LogP) is 1.89. The van der Waals surface area contributed by atoms with Crippen molar-refractivity contribution in [1.29, 1.82) is 0 Å². The van der Waals surface area contributed by atoms with Crippen LogP contribution in [0.5, 0.6) is 0 Å². The summed E-state index contributed by atoms with van der Waals surface area (Å²) in [4.78, 5) is 20.1. The molecule has 0 aliphatic carbocycles. The van der Waals surface area contributed by atoms with Crippen LogP contribution in [0, 0.1) is 12.3 Å². The van der Waals surface area contributed by atoms with E-state index in [2.05, 4.69) is 14.7 Å². The Morgan fingerprint density at radius 2 is 1.84 bits per heavy atom. The van der Waals surface area contributed by atoms with E-state index in [0.29, 0.717) is 11.5 Å². The van der Waals surface area contributed by atoms with E-state index in [1.54, 1.807) is 14.0 Å². The van der Waals surface area contributed by atoms with Gasteiger partial charge in [0.15, 0.2) is 5.82 Å². The van der Waals surface area contributed by atoms with E-state index in [1.165, 1.54) is 7.11 Å².